The maximum atomic E-state index is 13.3. The number of ether oxygens (including phenoxy) is 1. The Morgan fingerprint density at radius 3 is 2.27 bits per heavy atom. The zero-order chi connectivity index (χ0) is 19.3. The monoisotopic (exact) mass is 363 g/mol. The van der Waals surface area contributed by atoms with Crippen molar-refractivity contribution in [3.8, 4) is 0 Å². The Balaban J connectivity index is 2.40. The lowest BCUT2D eigenvalue weighted by atomic mass is 10.0. The third-order valence-electron chi connectivity index (χ3n) is 3.59. The average Bonchev–Trinajstić information content (AvgIpc) is 2.60. The van der Waals surface area contributed by atoms with Crippen LogP contribution in [0, 0.1) is 6.92 Å². The molecule has 0 bridgehead atoms. The molecule has 26 heavy (non-hydrogen) atoms. The Morgan fingerprint density at radius 1 is 1.04 bits per heavy atom. The summed E-state index contributed by atoms with van der Waals surface area (Å²) in [6, 6.07) is 11.6. The van der Waals surface area contributed by atoms with E-state index in [0.29, 0.717) is 11.6 Å². The second-order valence-corrected chi connectivity index (χ2v) is 5.40. The van der Waals surface area contributed by atoms with E-state index in [1.54, 1.807) is 25.1 Å². The van der Waals surface area contributed by atoms with Crippen molar-refractivity contribution in [1.82, 2.24) is 0 Å². The molecule has 0 saturated carbocycles. The van der Waals surface area contributed by atoms with Gasteiger partial charge in [0, 0.05) is 6.08 Å². The van der Waals surface area contributed by atoms with Gasteiger partial charge in [0.1, 0.15) is 0 Å². The summed E-state index contributed by atoms with van der Waals surface area (Å²) in [5, 5.41) is 2.35. The van der Waals surface area contributed by atoms with E-state index in [2.05, 4.69) is 10.1 Å². The lowest BCUT2D eigenvalue weighted by molar-refractivity contribution is -0.112. The maximum absolute atomic E-state index is 13.3. The molecule has 0 heterocycles. The van der Waals surface area contributed by atoms with Crippen LogP contribution in [0.4, 0.5) is 18.9 Å². The van der Waals surface area contributed by atoms with E-state index in [4.69, 9.17) is 0 Å². The largest absolute Gasteiger partial charge is 0.465 e. The number of esters is 1. The van der Waals surface area contributed by atoms with Crippen molar-refractivity contribution in [3.63, 3.8) is 0 Å². The molecule has 0 unspecified atom stereocenters. The molecule has 4 nitrogen and oxygen atoms in total. The van der Waals surface area contributed by atoms with E-state index < -0.39 is 23.6 Å². The van der Waals surface area contributed by atoms with Gasteiger partial charge in [-0.2, -0.15) is 13.2 Å². The lowest BCUT2D eigenvalue weighted by Crippen LogP contribution is -2.18. The summed E-state index contributed by atoms with van der Waals surface area (Å²) in [5.74, 6) is -1.70. The SMILES string of the molecule is COC(=O)c1cccc(C)c1NC(=O)/C=C(/c1ccccc1)C(F)(F)F. The van der Waals surface area contributed by atoms with Crippen LogP contribution >= 0.6 is 0 Å². The van der Waals surface area contributed by atoms with Gasteiger partial charge in [-0.05, 0) is 24.1 Å². The third-order valence-corrected chi connectivity index (χ3v) is 3.59. The quantitative estimate of drug-likeness (QED) is 0.648. The maximum Gasteiger partial charge on any atom is 0.417 e. The number of aryl methyl sites for hydroxylation is 1. The molecule has 0 spiro atoms. The minimum atomic E-state index is -4.71. The number of halogens is 3. The number of nitrogens with one attached hydrogen (secondary N) is 1. The highest BCUT2D eigenvalue weighted by atomic mass is 19.4. The van der Waals surface area contributed by atoms with Crippen molar-refractivity contribution in [2.24, 2.45) is 0 Å². The van der Waals surface area contributed by atoms with Gasteiger partial charge in [0.15, 0.2) is 0 Å². The molecule has 2 rings (SSSR count). The molecule has 7 heteroatoms. The van der Waals surface area contributed by atoms with E-state index in [-0.39, 0.29) is 16.8 Å². The Morgan fingerprint density at radius 2 is 1.69 bits per heavy atom. The van der Waals surface area contributed by atoms with Gasteiger partial charge in [-0.3, -0.25) is 4.79 Å². The fraction of sp³-hybridized carbons (Fsp3) is 0.158. The Kier molecular flexibility index (Phi) is 5.82. The van der Waals surface area contributed by atoms with Crippen LogP contribution in [0.15, 0.2) is 54.6 Å². The number of carbonyl (C=O) groups excluding carboxylic acids is 2. The molecule has 0 aromatic heterocycles. The van der Waals surface area contributed by atoms with Crippen LogP contribution in [0.2, 0.25) is 0 Å². The number of methoxy groups -OCH3 is 1. The van der Waals surface area contributed by atoms with Crippen molar-refractivity contribution in [1.29, 1.82) is 0 Å². The van der Waals surface area contributed by atoms with Crippen molar-refractivity contribution >= 4 is 23.1 Å². The van der Waals surface area contributed by atoms with Crippen LogP contribution in [0.5, 0.6) is 0 Å². The molecule has 1 N–H and O–H groups in total. The van der Waals surface area contributed by atoms with Crippen molar-refractivity contribution in [3.05, 3.63) is 71.3 Å². The molecular weight excluding hydrogens is 347 g/mol. The molecule has 0 aliphatic carbocycles. The molecular formula is C19H16F3NO3. The number of amides is 1. The van der Waals surface area contributed by atoms with Gasteiger partial charge < -0.3 is 10.1 Å². The molecule has 0 saturated heterocycles. The third kappa shape index (κ3) is 4.50. The van der Waals surface area contributed by atoms with Gasteiger partial charge in [-0.15, -0.1) is 0 Å². The van der Waals surface area contributed by atoms with Crippen molar-refractivity contribution < 1.29 is 27.5 Å². The standard InChI is InChI=1S/C19H16F3NO3/c1-12-7-6-10-14(18(25)26-2)17(12)23-16(24)11-15(19(20,21)22)13-8-4-3-5-9-13/h3-11H,1-2H3,(H,23,24)/b15-11-. The molecule has 0 atom stereocenters. The summed E-state index contributed by atoms with van der Waals surface area (Å²) in [6.07, 6.45) is -4.24. The minimum absolute atomic E-state index is 0.0579. The summed E-state index contributed by atoms with van der Waals surface area (Å²) in [5.41, 5.74) is -0.530. The van der Waals surface area contributed by atoms with Gasteiger partial charge in [-0.25, -0.2) is 4.79 Å². The zero-order valence-electron chi connectivity index (χ0n) is 14.1. The number of para-hydroxylation sites is 1. The normalized spacial score (nSPS) is 11.8. The second-order valence-electron chi connectivity index (χ2n) is 5.40. The van der Waals surface area contributed by atoms with Crippen LogP contribution in [0.3, 0.4) is 0 Å². The van der Waals surface area contributed by atoms with Crippen LogP contribution in [-0.2, 0) is 9.53 Å². The fourth-order valence-electron chi connectivity index (χ4n) is 2.35. The molecule has 0 aliphatic heterocycles. The highest BCUT2D eigenvalue weighted by molar-refractivity contribution is 6.08. The van der Waals surface area contributed by atoms with E-state index in [0.717, 1.165) is 0 Å². The van der Waals surface area contributed by atoms with E-state index in [1.807, 2.05) is 0 Å². The first kappa shape index (κ1) is 19.2. The van der Waals surface area contributed by atoms with Crippen LogP contribution in [0.25, 0.3) is 5.57 Å². The number of allylic oxidation sites excluding steroid dienone is 1. The smallest absolute Gasteiger partial charge is 0.417 e. The number of benzene rings is 2. The number of rotatable bonds is 4. The predicted molar refractivity (Wildman–Crippen MR) is 91.6 cm³/mol. The summed E-state index contributed by atoms with van der Waals surface area (Å²) < 4.78 is 44.6. The van der Waals surface area contributed by atoms with Gasteiger partial charge >= 0.3 is 12.1 Å². The molecule has 0 fully saturated rings. The van der Waals surface area contributed by atoms with Crippen LogP contribution in [0.1, 0.15) is 21.5 Å². The van der Waals surface area contributed by atoms with Gasteiger partial charge in [0.05, 0.1) is 23.9 Å². The molecule has 0 radical (unpaired) electrons. The van der Waals surface area contributed by atoms with Crippen molar-refractivity contribution in [2.45, 2.75) is 13.1 Å². The van der Waals surface area contributed by atoms with Crippen LogP contribution < -0.4 is 5.32 Å². The van der Waals surface area contributed by atoms with Crippen LogP contribution in [-0.4, -0.2) is 25.2 Å². The summed E-state index contributed by atoms with van der Waals surface area (Å²) in [7, 11) is 1.17. The number of alkyl halides is 3. The summed E-state index contributed by atoms with van der Waals surface area (Å²) in [6.45, 7) is 1.62. The lowest BCUT2D eigenvalue weighted by Gasteiger charge is -2.14. The summed E-state index contributed by atoms with van der Waals surface area (Å²) >= 11 is 0. The van der Waals surface area contributed by atoms with E-state index in [9.17, 15) is 22.8 Å². The highest BCUT2D eigenvalue weighted by Crippen LogP contribution is 2.34. The van der Waals surface area contributed by atoms with E-state index in [1.165, 1.54) is 37.4 Å². The Bertz CT molecular complexity index is 843. The number of hydrogen-bond donors (Lipinski definition) is 1. The average molecular weight is 363 g/mol. The first-order valence-electron chi connectivity index (χ1n) is 7.57. The summed E-state index contributed by atoms with van der Waals surface area (Å²) in [4.78, 5) is 24.0. The molecule has 2 aromatic carbocycles. The Labute approximate surface area is 148 Å². The second kappa shape index (κ2) is 7.86. The van der Waals surface area contributed by atoms with Gasteiger partial charge in [0.2, 0.25) is 5.91 Å². The Hall–Kier alpha value is -3.09. The van der Waals surface area contributed by atoms with Gasteiger partial charge in [0.25, 0.3) is 0 Å². The molecule has 2 aromatic rings. The predicted octanol–water partition coefficient (Wildman–Crippen LogP) is 4.37. The highest BCUT2D eigenvalue weighted by Gasteiger charge is 2.35. The zero-order valence-corrected chi connectivity index (χ0v) is 14.1. The molecule has 0 aliphatic rings. The molecule has 1 amide bonds. The fourth-order valence-corrected chi connectivity index (χ4v) is 2.35. The topological polar surface area (TPSA) is 55.4 Å². The molecule has 136 valence electrons. The first-order valence-corrected chi connectivity index (χ1v) is 7.57. The number of carbonyl (C=O) groups is 2. The van der Waals surface area contributed by atoms with Gasteiger partial charge in [-0.1, -0.05) is 42.5 Å². The van der Waals surface area contributed by atoms with E-state index >= 15 is 0 Å². The van der Waals surface area contributed by atoms with Crippen molar-refractivity contribution in [2.75, 3.05) is 12.4 Å². The number of anilines is 1. The number of hydrogen-bond acceptors (Lipinski definition) is 3. The minimum Gasteiger partial charge on any atom is -0.465 e. The first-order chi connectivity index (χ1) is 12.2.